The van der Waals surface area contributed by atoms with Crippen molar-refractivity contribution >= 4 is 6.21 Å². The molecule has 2 heterocycles. The Hall–Kier alpha value is -2.10. The summed E-state index contributed by atoms with van der Waals surface area (Å²) in [6.45, 7) is 4.72. The highest BCUT2D eigenvalue weighted by molar-refractivity contribution is 5.78. The molecule has 2 bridgehead atoms. The molecule has 1 unspecified atom stereocenters. The molecule has 122 valence electrons. The van der Waals surface area contributed by atoms with Crippen LogP contribution in [0.25, 0.3) is 11.3 Å². The topological polar surface area (TPSA) is 38.1 Å². The van der Waals surface area contributed by atoms with Gasteiger partial charge in [-0.2, -0.15) is 10.2 Å². The third-order valence-corrected chi connectivity index (χ3v) is 6.68. The SMILES string of the molecule is CC1(C)[C@@H]2CC[C@@]1(CC1C=N1)c1nnc(-c3ccccc3F)cc12. The van der Waals surface area contributed by atoms with Crippen molar-refractivity contribution in [3.8, 4) is 11.3 Å². The minimum atomic E-state index is -0.240. The summed E-state index contributed by atoms with van der Waals surface area (Å²) in [4.78, 5) is 4.37. The third-order valence-electron chi connectivity index (χ3n) is 6.68. The molecule has 1 aliphatic heterocycles. The average molecular weight is 321 g/mol. The van der Waals surface area contributed by atoms with E-state index in [1.165, 1.54) is 18.1 Å². The summed E-state index contributed by atoms with van der Waals surface area (Å²) in [5, 5.41) is 9.04. The number of hydrogen-bond acceptors (Lipinski definition) is 3. The fourth-order valence-electron chi connectivity index (χ4n) is 5.20. The van der Waals surface area contributed by atoms with Crippen LogP contribution in [0.1, 0.15) is 50.3 Å². The first-order chi connectivity index (χ1) is 11.5. The normalized spacial score (nSPS) is 31.3. The van der Waals surface area contributed by atoms with Crippen LogP contribution in [0.4, 0.5) is 4.39 Å². The van der Waals surface area contributed by atoms with Crippen molar-refractivity contribution in [3.05, 3.63) is 47.4 Å². The van der Waals surface area contributed by atoms with E-state index >= 15 is 0 Å². The monoisotopic (exact) mass is 321 g/mol. The first-order valence-electron chi connectivity index (χ1n) is 8.69. The van der Waals surface area contributed by atoms with Gasteiger partial charge in [-0.1, -0.05) is 26.0 Å². The Labute approximate surface area is 141 Å². The zero-order chi connectivity index (χ0) is 16.5. The van der Waals surface area contributed by atoms with E-state index in [1.807, 2.05) is 12.3 Å². The minimum Gasteiger partial charge on any atom is -0.286 e. The summed E-state index contributed by atoms with van der Waals surface area (Å²) in [7, 11) is 0. The van der Waals surface area contributed by atoms with Crippen LogP contribution < -0.4 is 0 Å². The summed E-state index contributed by atoms with van der Waals surface area (Å²) in [6.07, 6.45) is 5.41. The molecule has 1 saturated carbocycles. The van der Waals surface area contributed by atoms with Crippen LogP contribution in [0, 0.1) is 11.2 Å². The smallest absolute Gasteiger partial charge is 0.132 e. The van der Waals surface area contributed by atoms with Crippen molar-refractivity contribution in [2.45, 2.75) is 50.5 Å². The van der Waals surface area contributed by atoms with E-state index in [0.29, 0.717) is 23.2 Å². The second kappa shape index (κ2) is 4.50. The quantitative estimate of drug-likeness (QED) is 0.846. The Morgan fingerprint density at radius 3 is 2.75 bits per heavy atom. The van der Waals surface area contributed by atoms with E-state index in [1.54, 1.807) is 12.1 Å². The molecule has 1 fully saturated rings. The second-order valence-corrected chi connectivity index (χ2v) is 7.98. The van der Waals surface area contributed by atoms with Crippen molar-refractivity contribution in [1.29, 1.82) is 0 Å². The van der Waals surface area contributed by atoms with Gasteiger partial charge in [0.15, 0.2) is 0 Å². The number of halogens is 1. The van der Waals surface area contributed by atoms with Gasteiger partial charge in [0.2, 0.25) is 0 Å². The van der Waals surface area contributed by atoms with Gasteiger partial charge in [-0.05, 0) is 54.4 Å². The molecule has 0 spiro atoms. The molecular formula is C20H20FN3. The van der Waals surface area contributed by atoms with Gasteiger partial charge in [-0.25, -0.2) is 4.39 Å². The molecule has 1 aromatic heterocycles. The van der Waals surface area contributed by atoms with E-state index in [9.17, 15) is 4.39 Å². The highest BCUT2D eigenvalue weighted by Gasteiger charge is 2.63. The van der Waals surface area contributed by atoms with Crippen LogP contribution in [-0.4, -0.2) is 22.5 Å². The van der Waals surface area contributed by atoms with Crippen molar-refractivity contribution in [3.63, 3.8) is 0 Å². The lowest BCUT2D eigenvalue weighted by atomic mass is 9.66. The van der Waals surface area contributed by atoms with Crippen molar-refractivity contribution < 1.29 is 4.39 Å². The highest BCUT2D eigenvalue weighted by atomic mass is 19.1. The average Bonchev–Trinajstić information content (AvgIpc) is 3.31. The Bertz CT molecular complexity index is 867. The zero-order valence-electron chi connectivity index (χ0n) is 14.0. The van der Waals surface area contributed by atoms with E-state index in [2.05, 4.69) is 35.1 Å². The van der Waals surface area contributed by atoms with Gasteiger partial charge in [0, 0.05) is 17.2 Å². The first kappa shape index (κ1) is 14.3. The molecule has 0 radical (unpaired) electrons. The minimum absolute atomic E-state index is 0.0644. The maximum atomic E-state index is 14.1. The van der Waals surface area contributed by atoms with Crippen molar-refractivity contribution in [2.24, 2.45) is 10.4 Å². The molecule has 4 heteroatoms. The standard InChI is InChI=1S/C20H20FN3/c1-19(2)15-7-8-20(19,10-12-11-22-12)18-14(15)9-17(23-24-18)13-5-3-4-6-16(13)21/h3-6,9,11-12,15H,7-8,10H2,1-2H3/t12?,15-,20-/m1/s1. The summed E-state index contributed by atoms with van der Waals surface area (Å²) >= 11 is 0. The number of aliphatic imine (C=N–C) groups is 1. The predicted octanol–water partition coefficient (Wildman–Crippen LogP) is 4.28. The number of rotatable bonds is 3. The molecule has 0 saturated heterocycles. The molecule has 3 aliphatic rings. The van der Waals surface area contributed by atoms with Gasteiger partial charge >= 0.3 is 0 Å². The fraction of sp³-hybridized carbons (Fsp3) is 0.450. The predicted molar refractivity (Wildman–Crippen MR) is 91.8 cm³/mol. The summed E-state index contributed by atoms with van der Waals surface area (Å²) in [6, 6.07) is 9.26. The molecule has 1 aromatic carbocycles. The fourth-order valence-corrected chi connectivity index (χ4v) is 5.20. The largest absolute Gasteiger partial charge is 0.286 e. The van der Waals surface area contributed by atoms with Crippen LogP contribution in [0.15, 0.2) is 35.3 Å². The summed E-state index contributed by atoms with van der Waals surface area (Å²) in [5.74, 6) is 0.238. The van der Waals surface area contributed by atoms with Gasteiger partial charge < -0.3 is 0 Å². The van der Waals surface area contributed by atoms with Crippen LogP contribution in [0.2, 0.25) is 0 Å². The molecular weight excluding hydrogens is 301 g/mol. The Morgan fingerprint density at radius 1 is 1.21 bits per heavy atom. The van der Waals surface area contributed by atoms with Gasteiger partial charge in [0.25, 0.3) is 0 Å². The van der Waals surface area contributed by atoms with Crippen LogP contribution in [-0.2, 0) is 5.41 Å². The lowest BCUT2D eigenvalue weighted by Crippen LogP contribution is -2.37. The zero-order valence-corrected chi connectivity index (χ0v) is 14.0. The summed E-state index contributed by atoms with van der Waals surface area (Å²) in [5.41, 5.74) is 3.82. The van der Waals surface area contributed by atoms with Gasteiger partial charge in [-0.15, -0.1) is 0 Å². The van der Waals surface area contributed by atoms with Crippen LogP contribution >= 0.6 is 0 Å². The number of nitrogens with zero attached hydrogens (tertiary/aromatic N) is 3. The number of benzene rings is 1. The Morgan fingerprint density at radius 2 is 2.00 bits per heavy atom. The van der Waals surface area contributed by atoms with Crippen LogP contribution in [0.5, 0.6) is 0 Å². The van der Waals surface area contributed by atoms with Gasteiger partial charge in [-0.3, -0.25) is 4.99 Å². The molecule has 3 nitrogen and oxygen atoms in total. The van der Waals surface area contributed by atoms with E-state index < -0.39 is 0 Å². The lowest BCUT2D eigenvalue weighted by molar-refractivity contribution is 0.193. The number of hydrogen-bond donors (Lipinski definition) is 0. The van der Waals surface area contributed by atoms with Gasteiger partial charge in [0.1, 0.15) is 5.82 Å². The number of fused-ring (bicyclic) bond motifs is 5. The molecule has 0 N–H and O–H groups in total. The number of aromatic nitrogens is 2. The molecule has 0 amide bonds. The lowest BCUT2D eigenvalue weighted by Gasteiger charge is -2.37. The molecule has 3 atom stereocenters. The van der Waals surface area contributed by atoms with E-state index in [0.717, 1.165) is 18.5 Å². The highest BCUT2D eigenvalue weighted by Crippen LogP contribution is 2.69. The first-order valence-corrected chi connectivity index (χ1v) is 8.69. The molecule has 24 heavy (non-hydrogen) atoms. The van der Waals surface area contributed by atoms with Crippen LogP contribution in [0.3, 0.4) is 0 Å². The maximum absolute atomic E-state index is 14.1. The molecule has 2 aromatic rings. The summed E-state index contributed by atoms with van der Waals surface area (Å²) < 4.78 is 14.1. The van der Waals surface area contributed by atoms with Crippen molar-refractivity contribution in [1.82, 2.24) is 10.2 Å². The maximum Gasteiger partial charge on any atom is 0.132 e. The molecule has 5 rings (SSSR count). The van der Waals surface area contributed by atoms with Gasteiger partial charge in [0.05, 0.1) is 17.4 Å². The third kappa shape index (κ3) is 1.69. The van der Waals surface area contributed by atoms with E-state index in [4.69, 9.17) is 0 Å². The Balaban J connectivity index is 1.65. The Kier molecular flexibility index (Phi) is 2.67. The van der Waals surface area contributed by atoms with E-state index in [-0.39, 0.29) is 16.6 Å². The van der Waals surface area contributed by atoms with Crippen molar-refractivity contribution in [2.75, 3.05) is 0 Å². The second-order valence-electron chi connectivity index (χ2n) is 7.98. The molecule has 2 aliphatic carbocycles.